The highest BCUT2D eigenvalue weighted by molar-refractivity contribution is 6.80. The number of hydrogen-bond acceptors (Lipinski definition) is 3. The third-order valence-electron chi connectivity index (χ3n) is 9.61. The number of anilines is 2. The van der Waals surface area contributed by atoms with Crippen LogP contribution in [-0.2, 0) is 0 Å². The highest BCUT2D eigenvalue weighted by Gasteiger charge is 2.26. The van der Waals surface area contributed by atoms with Crippen molar-refractivity contribution in [1.29, 1.82) is 0 Å². The van der Waals surface area contributed by atoms with Crippen molar-refractivity contribution < 1.29 is 4.74 Å². The maximum absolute atomic E-state index is 6.16. The van der Waals surface area contributed by atoms with Crippen molar-refractivity contribution >= 4 is 34.6 Å². The predicted molar refractivity (Wildman–Crippen MR) is 203 cm³/mol. The molecule has 1 heterocycles. The lowest BCUT2D eigenvalue weighted by atomic mass is 9.65. The summed E-state index contributed by atoms with van der Waals surface area (Å²) in [6.07, 6.45) is 4.92. The molecule has 0 amide bonds. The van der Waals surface area contributed by atoms with Gasteiger partial charge < -0.3 is 15.2 Å². The average molecular weight is 615 g/mol. The average Bonchev–Trinajstić information content (AvgIpc) is 3.12. The van der Waals surface area contributed by atoms with Crippen LogP contribution < -0.4 is 20.7 Å². The normalized spacial score (nSPS) is 12.8. The Kier molecular flexibility index (Phi) is 9.01. The highest BCUT2D eigenvalue weighted by Crippen LogP contribution is 2.35. The zero-order valence-corrected chi connectivity index (χ0v) is 27.7. The van der Waals surface area contributed by atoms with Crippen molar-refractivity contribution in [3.05, 3.63) is 133 Å². The van der Waals surface area contributed by atoms with Crippen molar-refractivity contribution in [1.82, 2.24) is 0 Å². The molecular formula is C43H43BN2O. The summed E-state index contributed by atoms with van der Waals surface area (Å²) in [6.45, 7) is 7.39. The van der Waals surface area contributed by atoms with Crippen molar-refractivity contribution in [2.75, 3.05) is 17.1 Å². The second-order valence-corrected chi connectivity index (χ2v) is 13.0. The van der Waals surface area contributed by atoms with Gasteiger partial charge in [-0.2, -0.15) is 0 Å². The summed E-state index contributed by atoms with van der Waals surface area (Å²) in [5.41, 5.74) is 12.0. The molecule has 6 aromatic rings. The molecule has 0 saturated carbocycles. The lowest BCUT2D eigenvalue weighted by molar-refractivity contribution is 0.233. The third-order valence-corrected chi connectivity index (χ3v) is 9.61. The zero-order chi connectivity index (χ0) is 32.2. The first-order valence-corrected chi connectivity index (χ1v) is 17.2. The van der Waals surface area contributed by atoms with E-state index in [0.29, 0.717) is 5.92 Å². The molecule has 1 unspecified atom stereocenters. The smallest absolute Gasteiger partial charge is 0.406 e. The van der Waals surface area contributed by atoms with Crippen LogP contribution in [0.2, 0.25) is 0 Å². The summed E-state index contributed by atoms with van der Waals surface area (Å²) < 4.78 is 6.16. The quantitative estimate of drug-likeness (QED) is 0.143. The minimum absolute atomic E-state index is 0.0566. The van der Waals surface area contributed by atoms with Crippen LogP contribution in [0.3, 0.4) is 0 Å². The fourth-order valence-corrected chi connectivity index (χ4v) is 6.70. The van der Waals surface area contributed by atoms with Crippen LogP contribution in [0, 0.1) is 12.8 Å². The first-order valence-electron chi connectivity index (χ1n) is 17.2. The molecule has 6 aromatic carbocycles. The molecule has 0 radical (unpaired) electrons. The Morgan fingerprint density at radius 1 is 0.617 bits per heavy atom. The first kappa shape index (κ1) is 30.7. The number of ether oxygens (including phenoxy) is 1. The van der Waals surface area contributed by atoms with Gasteiger partial charge >= 0.3 is 6.98 Å². The van der Waals surface area contributed by atoms with E-state index in [9.17, 15) is 0 Å². The molecule has 4 heteroatoms. The summed E-state index contributed by atoms with van der Waals surface area (Å²) in [5.74, 6) is 1.58. The number of unbranched alkanes of at least 4 members (excludes halogenated alkanes) is 1. The third kappa shape index (κ3) is 6.78. The molecule has 3 nitrogen and oxygen atoms in total. The molecular weight excluding hydrogens is 571 g/mol. The Morgan fingerprint density at radius 3 is 1.70 bits per heavy atom. The van der Waals surface area contributed by atoms with Gasteiger partial charge in [-0.25, -0.2) is 0 Å². The van der Waals surface area contributed by atoms with Gasteiger partial charge in [-0.15, -0.1) is 0 Å². The van der Waals surface area contributed by atoms with Gasteiger partial charge in [0, 0.05) is 16.8 Å². The van der Waals surface area contributed by atoms with E-state index in [1.54, 1.807) is 0 Å². The van der Waals surface area contributed by atoms with Gasteiger partial charge in [-0.05, 0) is 93.8 Å². The molecule has 1 atom stereocenters. The molecule has 0 fully saturated rings. The number of rotatable bonds is 11. The molecule has 234 valence electrons. The summed E-state index contributed by atoms with van der Waals surface area (Å²) in [5, 5.41) is 10.1. The second-order valence-electron chi connectivity index (χ2n) is 13.0. The molecule has 7 rings (SSSR count). The van der Waals surface area contributed by atoms with Gasteiger partial charge in [0.15, 0.2) is 0 Å². The van der Waals surface area contributed by atoms with Crippen molar-refractivity contribution in [2.45, 2.75) is 46.5 Å². The first-order chi connectivity index (χ1) is 23.1. The Balaban J connectivity index is 1.16. The van der Waals surface area contributed by atoms with Gasteiger partial charge in [0.1, 0.15) is 5.75 Å². The molecule has 0 saturated heterocycles. The lowest BCUT2D eigenvalue weighted by Crippen LogP contribution is -2.47. The van der Waals surface area contributed by atoms with E-state index in [0.717, 1.165) is 30.2 Å². The lowest BCUT2D eigenvalue weighted by Gasteiger charge is -2.27. The van der Waals surface area contributed by atoms with E-state index in [-0.39, 0.29) is 6.98 Å². The van der Waals surface area contributed by atoms with Crippen molar-refractivity contribution in [3.63, 3.8) is 0 Å². The van der Waals surface area contributed by atoms with Gasteiger partial charge in [-0.1, -0.05) is 136 Å². The van der Waals surface area contributed by atoms with E-state index in [1.807, 2.05) is 0 Å². The van der Waals surface area contributed by atoms with Crippen LogP contribution in [0.1, 0.15) is 45.1 Å². The van der Waals surface area contributed by atoms with E-state index in [1.165, 1.54) is 74.4 Å². The summed E-state index contributed by atoms with van der Waals surface area (Å²) in [4.78, 5) is 0. The van der Waals surface area contributed by atoms with Crippen LogP contribution in [0.25, 0.3) is 44.2 Å². The van der Waals surface area contributed by atoms with E-state index in [2.05, 4.69) is 159 Å². The number of nitrogens with one attached hydrogen (secondary N) is 2. The zero-order valence-electron chi connectivity index (χ0n) is 27.7. The standard InChI is InChI=1S/C43H43BN2O/c1-4-6-9-31(5-2)29-47-40-24-22-33(23-25-40)32-18-20-35(21-19-32)38-26-37(34-16-14-30(3)15-17-34)27-39(28-38)44-45-41-12-7-10-36-11-8-13-42(46-44)43(36)41/h7-8,10-28,31,45-46H,4-6,9,29H2,1-3H3. The maximum atomic E-state index is 6.16. The van der Waals surface area contributed by atoms with Crippen molar-refractivity contribution in [3.8, 4) is 39.1 Å². The molecule has 1 aliphatic rings. The topological polar surface area (TPSA) is 33.3 Å². The van der Waals surface area contributed by atoms with Gasteiger partial charge in [0.25, 0.3) is 0 Å². The second kappa shape index (κ2) is 13.8. The van der Waals surface area contributed by atoms with Crippen LogP contribution >= 0.6 is 0 Å². The summed E-state index contributed by atoms with van der Waals surface area (Å²) in [6, 6.07) is 46.2. The summed E-state index contributed by atoms with van der Waals surface area (Å²) in [7, 11) is 0. The summed E-state index contributed by atoms with van der Waals surface area (Å²) >= 11 is 0. The van der Waals surface area contributed by atoms with E-state index in [4.69, 9.17) is 4.74 Å². The number of hydrogen-bond donors (Lipinski definition) is 2. The molecule has 0 aromatic heterocycles. The number of benzene rings is 6. The monoisotopic (exact) mass is 614 g/mol. The number of aryl methyl sites for hydroxylation is 1. The maximum Gasteiger partial charge on any atom is 0.406 e. The Labute approximate surface area is 280 Å². The van der Waals surface area contributed by atoms with Crippen molar-refractivity contribution in [2.24, 2.45) is 5.92 Å². The molecule has 0 bridgehead atoms. The van der Waals surface area contributed by atoms with Crippen LogP contribution in [0.4, 0.5) is 11.4 Å². The van der Waals surface area contributed by atoms with Crippen LogP contribution in [-0.4, -0.2) is 13.6 Å². The van der Waals surface area contributed by atoms with E-state index >= 15 is 0 Å². The fraction of sp³-hybridized carbons (Fsp3) is 0.209. The minimum atomic E-state index is -0.0566. The predicted octanol–water partition coefficient (Wildman–Crippen LogP) is 11.0. The van der Waals surface area contributed by atoms with Gasteiger partial charge in [0.2, 0.25) is 0 Å². The van der Waals surface area contributed by atoms with E-state index < -0.39 is 0 Å². The van der Waals surface area contributed by atoms with Crippen LogP contribution in [0.15, 0.2) is 127 Å². The Hall–Kier alpha value is -4.96. The molecule has 0 spiro atoms. The fourth-order valence-electron chi connectivity index (χ4n) is 6.70. The molecule has 0 aliphatic carbocycles. The van der Waals surface area contributed by atoms with Crippen LogP contribution in [0.5, 0.6) is 5.75 Å². The SMILES string of the molecule is CCCCC(CC)COc1ccc(-c2ccc(-c3cc(B4Nc5cccc6cccc(c56)N4)cc(-c4ccc(C)cc4)c3)cc2)cc1. The highest BCUT2D eigenvalue weighted by atomic mass is 16.5. The Morgan fingerprint density at radius 2 is 1.15 bits per heavy atom. The molecule has 47 heavy (non-hydrogen) atoms. The molecule has 1 aliphatic heterocycles. The minimum Gasteiger partial charge on any atom is -0.493 e. The Bertz CT molecular complexity index is 1930. The molecule has 2 N–H and O–H groups in total. The van der Waals surface area contributed by atoms with Gasteiger partial charge in [-0.3, -0.25) is 0 Å². The van der Waals surface area contributed by atoms with Gasteiger partial charge in [0.05, 0.1) is 6.61 Å². The largest absolute Gasteiger partial charge is 0.493 e.